The minimum atomic E-state index is -0.0270. The van der Waals surface area contributed by atoms with E-state index in [-0.39, 0.29) is 5.41 Å². The topological polar surface area (TPSA) is 50.9 Å². The van der Waals surface area contributed by atoms with Crippen LogP contribution >= 0.6 is 0 Å². The lowest BCUT2D eigenvalue weighted by molar-refractivity contribution is 0.573. The van der Waals surface area contributed by atoms with Crippen molar-refractivity contribution in [3.05, 3.63) is 35.5 Å². The molecule has 0 radical (unpaired) electrons. The van der Waals surface area contributed by atoms with Crippen molar-refractivity contribution >= 4 is 16.6 Å². The molecule has 3 heteroatoms. The van der Waals surface area contributed by atoms with Gasteiger partial charge in [-0.2, -0.15) is 0 Å². The van der Waals surface area contributed by atoms with E-state index in [1.807, 2.05) is 0 Å². The number of anilines is 1. The molecule has 0 spiro atoms. The van der Waals surface area contributed by atoms with Crippen LogP contribution < -0.4 is 11.3 Å². The largest absolute Gasteiger partial charge is 0.322 e. The van der Waals surface area contributed by atoms with E-state index >= 15 is 0 Å². The van der Waals surface area contributed by atoms with Gasteiger partial charge in [-0.15, -0.1) is 0 Å². The van der Waals surface area contributed by atoms with Crippen molar-refractivity contribution in [3.8, 4) is 0 Å². The quantitative estimate of drug-likeness (QED) is 0.583. The van der Waals surface area contributed by atoms with E-state index in [0.29, 0.717) is 0 Å². The first kappa shape index (κ1) is 11.9. The molecule has 2 aromatic rings. The van der Waals surface area contributed by atoms with E-state index in [1.54, 1.807) is 0 Å². The van der Waals surface area contributed by atoms with Gasteiger partial charge in [-0.3, -0.25) is 10.8 Å². The Kier molecular flexibility index (Phi) is 2.79. The van der Waals surface area contributed by atoms with Crippen LogP contribution in [0.2, 0.25) is 0 Å². The maximum Gasteiger partial charge on any atom is 0.0713 e. The Labute approximate surface area is 102 Å². The van der Waals surface area contributed by atoms with Gasteiger partial charge in [0.25, 0.3) is 0 Å². The first-order valence-electron chi connectivity index (χ1n) is 5.80. The lowest BCUT2D eigenvalue weighted by atomic mass is 9.90. The number of rotatable bonds is 1. The second-order valence-corrected chi connectivity index (χ2v) is 5.48. The molecule has 0 aliphatic heterocycles. The second-order valence-electron chi connectivity index (χ2n) is 5.48. The third-order valence-corrected chi connectivity index (χ3v) is 2.84. The van der Waals surface area contributed by atoms with Crippen LogP contribution in [0.15, 0.2) is 24.3 Å². The van der Waals surface area contributed by atoms with Gasteiger partial charge in [0.2, 0.25) is 0 Å². The fourth-order valence-electron chi connectivity index (χ4n) is 1.98. The van der Waals surface area contributed by atoms with E-state index in [1.165, 1.54) is 5.56 Å². The van der Waals surface area contributed by atoms with Crippen molar-refractivity contribution in [2.75, 3.05) is 5.43 Å². The number of nitrogens with zero attached hydrogens (tertiary/aromatic N) is 1. The van der Waals surface area contributed by atoms with Crippen LogP contribution in [0.1, 0.15) is 32.0 Å². The molecule has 0 aliphatic rings. The SMILES string of the molecule is Cc1ccc2nc(C(C)(C)C)c(NN)cc2c1. The maximum absolute atomic E-state index is 5.59. The number of nitrogens with one attached hydrogen (secondary N) is 1. The average molecular weight is 229 g/mol. The number of pyridine rings is 1. The van der Waals surface area contributed by atoms with E-state index in [2.05, 4.69) is 57.4 Å². The van der Waals surface area contributed by atoms with Crippen molar-refractivity contribution in [1.82, 2.24) is 4.98 Å². The number of fused-ring (bicyclic) bond motifs is 1. The summed E-state index contributed by atoms with van der Waals surface area (Å²) in [5, 5.41) is 1.12. The van der Waals surface area contributed by atoms with E-state index in [9.17, 15) is 0 Å². The van der Waals surface area contributed by atoms with E-state index in [0.717, 1.165) is 22.3 Å². The Morgan fingerprint density at radius 1 is 1.18 bits per heavy atom. The highest BCUT2D eigenvalue weighted by Gasteiger charge is 2.20. The molecule has 1 aromatic carbocycles. The third kappa shape index (κ3) is 2.24. The summed E-state index contributed by atoms with van der Waals surface area (Å²) in [6.45, 7) is 8.48. The maximum atomic E-state index is 5.59. The van der Waals surface area contributed by atoms with Gasteiger partial charge in [0.15, 0.2) is 0 Å². The molecule has 0 atom stereocenters. The molecule has 0 saturated heterocycles. The molecule has 0 unspecified atom stereocenters. The molecule has 1 aromatic heterocycles. The molecule has 3 nitrogen and oxygen atoms in total. The lowest BCUT2D eigenvalue weighted by Gasteiger charge is -2.21. The zero-order chi connectivity index (χ0) is 12.6. The third-order valence-electron chi connectivity index (χ3n) is 2.84. The Hall–Kier alpha value is -1.61. The minimum absolute atomic E-state index is 0.0270. The number of aryl methyl sites for hydroxylation is 1. The average Bonchev–Trinajstić information content (AvgIpc) is 2.25. The highest BCUT2D eigenvalue weighted by molar-refractivity contribution is 5.83. The summed E-state index contributed by atoms with van der Waals surface area (Å²) in [5.41, 5.74) is 6.86. The van der Waals surface area contributed by atoms with Crippen molar-refractivity contribution in [2.24, 2.45) is 5.84 Å². The zero-order valence-corrected chi connectivity index (χ0v) is 10.8. The van der Waals surface area contributed by atoms with Gasteiger partial charge < -0.3 is 5.43 Å². The standard InChI is InChI=1S/C14H19N3/c1-9-5-6-11-10(7-9)8-12(17-15)13(16-11)14(2,3)4/h5-8,17H,15H2,1-4H3. The lowest BCUT2D eigenvalue weighted by Crippen LogP contribution is -2.19. The highest BCUT2D eigenvalue weighted by Crippen LogP contribution is 2.30. The monoisotopic (exact) mass is 229 g/mol. The van der Waals surface area contributed by atoms with Crippen LogP contribution in [0.3, 0.4) is 0 Å². The van der Waals surface area contributed by atoms with Crippen LogP contribution in [0.4, 0.5) is 5.69 Å². The summed E-state index contributed by atoms with van der Waals surface area (Å²) in [5.74, 6) is 5.59. The molecule has 0 saturated carbocycles. The number of benzene rings is 1. The van der Waals surface area contributed by atoms with E-state index < -0.39 is 0 Å². The van der Waals surface area contributed by atoms with Crippen LogP contribution in [-0.4, -0.2) is 4.98 Å². The fraction of sp³-hybridized carbons (Fsp3) is 0.357. The molecule has 17 heavy (non-hydrogen) atoms. The summed E-state index contributed by atoms with van der Waals surface area (Å²) >= 11 is 0. The summed E-state index contributed by atoms with van der Waals surface area (Å²) in [6.07, 6.45) is 0. The van der Waals surface area contributed by atoms with Crippen LogP contribution in [0.5, 0.6) is 0 Å². The molecule has 0 amide bonds. The molecular formula is C14H19N3. The molecule has 0 fully saturated rings. The number of nitrogens with two attached hydrogens (primary N) is 1. The fourth-order valence-corrected chi connectivity index (χ4v) is 1.98. The Balaban J connectivity index is 2.73. The molecule has 1 heterocycles. The van der Waals surface area contributed by atoms with Crippen molar-refractivity contribution in [2.45, 2.75) is 33.1 Å². The van der Waals surface area contributed by atoms with Gasteiger partial charge in [-0.05, 0) is 25.1 Å². The van der Waals surface area contributed by atoms with Gasteiger partial charge in [0, 0.05) is 10.8 Å². The van der Waals surface area contributed by atoms with Crippen molar-refractivity contribution in [3.63, 3.8) is 0 Å². The molecule has 0 bridgehead atoms. The molecule has 90 valence electrons. The Morgan fingerprint density at radius 3 is 2.47 bits per heavy atom. The van der Waals surface area contributed by atoms with Crippen molar-refractivity contribution < 1.29 is 0 Å². The van der Waals surface area contributed by atoms with Crippen LogP contribution in [-0.2, 0) is 5.41 Å². The van der Waals surface area contributed by atoms with Crippen LogP contribution in [0.25, 0.3) is 10.9 Å². The highest BCUT2D eigenvalue weighted by atomic mass is 15.2. The smallest absolute Gasteiger partial charge is 0.0713 e. The van der Waals surface area contributed by atoms with Gasteiger partial charge in [-0.25, -0.2) is 0 Å². The first-order valence-corrected chi connectivity index (χ1v) is 5.80. The molecular weight excluding hydrogens is 210 g/mol. The Morgan fingerprint density at radius 2 is 1.88 bits per heavy atom. The number of hydrazine groups is 1. The summed E-state index contributed by atoms with van der Waals surface area (Å²) in [4.78, 5) is 4.72. The van der Waals surface area contributed by atoms with Gasteiger partial charge >= 0.3 is 0 Å². The zero-order valence-electron chi connectivity index (χ0n) is 10.8. The van der Waals surface area contributed by atoms with Gasteiger partial charge in [-0.1, -0.05) is 32.4 Å². The minimum Gasteiger partial charge on any atom is -0.322 e. The molecule has 2 rings (SSSR count). The Bertz CT molecular complexity index is 553. The molecule has 3 N–H and O–H groups in total. The predicted molar refractivity (Wildman–Crippen MR) is 73.0 cm³/mol. The number of nitrogen functional groups attached to an aromatic ring is 1. The number of hydrogen-bond acceptors (Lipinski definition) is 3. The predicted octanol–water partition coefficient (Wildman–Crippen LogP) is 3.13. The van der Waals surface area contributed by atoms with E-state index in [4.69, 9.17) is 10.8 Å². The second kappa shape index (κ2) is 4.00. The van der Waals surface area contributed by atoms with Gasteiger partial charge in [0.1, 0.15) is 0 Å². The first-order chi connectivity index (χ1) is 7.91. The van der Waals surface area contributed by atoms with Gasteiger partial charge in [0.05, 0.1) is 16.9 Å². The van der Waals surface area contributed by atoms with Crippen molar-refractivity contribution in [1.29, 1.82) is 0 Å². The summed E-state index contributed by atoms with van der Waals surface area (Å²) in [7, 11) is 0. The number of aromatic nitrogens is 1. The van der Waals surface area contributed by atoms with Crippen LogP contribution in [0, 0.1) is 6.92 Å². The normalized spacial score (nSPS) is 11.8. The number of hydrogen-bond donors (Lipinski definition) is 2. The summed E-state index contributed by atoms with van der Waals surface area (Å²) < 4.78 is 0. The summed E-state index contributed by atoms with van der Waals surface area (Å²) in [6, 6.07) is 8.32. The molecule has 0 aliphatic carbocycles.